The summed E-state index contributed by atoms with van der Waals surface area (Å²) in [4.78, 5) is 23.4. The zero-order valence-electron chi connectivity index (χ0n) is 9.14. The van der Waals surface area contributed by atoms with Crippen LogP contribution in [0.15, 0.2) is 35.3 Å². The van der Waals surface area contributed by atoms with Crippen LogP contribution in [-0.4, -0.2) is 10.4 Å². The van der Waals surface area contributed by atoms with E-state index in [9.17, 15) is 9.59 Å². The number of carbonyl (C=O) groups excluding carboxylic acids is 1. The lowest BCUT2D eigenvalue weighted by Gasteiger charge is -2.07. The summed E-state index contributed by atoms with van der Waals surface area (Å²) >= 11 is 5.01. The molecular formula is C12H10ClNO3. The van der Waals surface area contributed by atoms with Crippen LogP contribution in [0.3, 0.4) is 0 Å². The summed E-state index contributed by atoms with van der Waals surface area (Å²) < 4.78 is 5.50. The third-order valence-corrected chi connectivity index (χ3v) is 2.77. The summed E-state index contributed by atoms with van der Waals surface area (Å²) in [6.45, 7) is 1.95. The van der Waals surface area contributed by atoms with Crippen molar-refractivity contribution in [2.75, 3.05) is 0 Å². The van der Waals surface area contributed by atoms with Crippen molar-refractivity contribution in [3.05, 3.63) is 51.9 Å². The number of halogens is 1. The van der Waals surface area contributed by atoms with Crippen LogP contribution in [0, 0.1) is 0 Å². The van der Waals surface area contributed by atoms with E-state index in [1.165, 1.54) is 10.5 Å². The Morgan fingerprint density at radius 2 is 2.24 bits per heavy atom. The van der Waals surface area contributed by atoms with E-state index in [4.69, 9.17) is 11.9 Å². The maximum absolute atomic E-state index is 12.0. The SMILES string of the molecule is CCc1cc(C(=O)OCl)c(=O)n2ccccc12. The van der Waals surface area contributed by atoms with Gasteiger partial charge < -0.3 is 4.29 Å². The second-order valence-electron chi connectivity index (χ2n) is 3.56. The predicted molar refractivity (Wildman–Crippen MR) is 64.3 cm³/mol. The van der Waals surface area contributed by atoms with Crippen molar-refractivity contribution >= 4 is 23.4 Å². The molecule has 0 amide bonds. The summed E-state index contributed by atoms with van der Waals surface area (Å²) in [6, 6.07) is 6.93. The van der Waals surface area contributed by atoms with Crippen LogP contribution in [0.4, 0.5) is 0 Å². The van der Waals surface area contributed by atoms with E-state index in [-0.39, 0.29) is 5.56 Å². The highest BCUT2D eigenvalue weighted by Crippen LogP contribution is 2.12. The molecule has 0 saturated carbocycles. The van der Waals surface area contributed by atoms with Gasteiger partial charge in [-0.1, -0.05) is 13.0 Å². The first-order chi connectivity index (χ1) is 8.19. The van der Waals surface area contributed by atoms with Crippen LogP contribution >= 0.6 is 11.9 Å². The maximum atomic E-state index is 12.0. The van der Waals surface area contributed by atoms with Crippen molar-refractivity contribution in [2.45, 2.75) is 13.3 Å². The van der Waals surface area contributed by atoms with Crippen LogP contribution in [0.25, 0.3) is 5.52 Å². The molecule has 0 atom stereocenters. The molecule has 0 radical (unpaired) electrons. The fourth-order valence-electron chi connectivity index (χ4n) is 1.79. The molecule has 0 spiro atoms. The number of nitrogens with zero attached hydrogens (tertiary/aromatic N) is 1. The minimum Gasteiger partial charge on any atom is -0.343 e. The molecule has 0 aliphatic heterocycles. The van der Waals surface area contributed by atoms with Crippen molar-refractivity contribution in [3.8, 4) is 0 Å². The molecule has 0 aliphatic rings. The van der Waals surface area contributed by atoms with Gasteiger partial charge in [-0.25, -0.2) is 4.79 Å². The Hall–Kier alpha value is -1.81. The zero-order chi connectivity index (χ0) is 12.4. The number of rotatable bonds is 2. The summed E-state index contributed by atoms with van der Waals surface area (Å²) in [5.41, 5.74) is 1.19. The van der Waals surface area contributed by atoms with Gasteiger partial charge in [0.05, 0.1) is 5.52 Å². The minimum absolute atomic E-state index is 0.0550. The van der Waals surface area contributed by atoms with E-state index in [0.717, 1.165) is 11.1 Å². The Bertz CT molecular complexity index is 633. The average molecular weight is 252 g/mol. The van der Waals surface area contributed by atoms with E-state index in [0.29, 0.717) is 6.42 Å². The molecular weight excluding hydrogens is 242 g/mol. The van der Waals surface area contributed by atoms with Crippen LogP contribution in [-0.2, 0) is 10.7 Å². The highest BCUT2D eigenvalue weighted by Gasteiger charge is 2.15. The molecule has 0 N–H and O–H groups in total. The molecule has 2 aromatic heterocycles. The summed E-state index contributed by atoms with van der Waals surface area (Å²) in [6.07, 6.45) is 2.32. The van der Waals surface area contributed by atoms with Gasteiger partial charge in [-0.05, 0) is 30.2 Å². The number of hydrogen-bond donors (Lipinski definition) is 0. The van der Waals surface area contributed by atoms with Gasteiger partial charge in [0.1, 0.15) is 17.4 Å². The molecule has 5 heteroatoms. The van der Waals surface area contributed by atoms with E-state index < -0.39 is 11.5 Å². The highest BCUT2D eigenvalue weighted by molar-refractivity contribution is 6.15. The monoisotopic (exact) mass is 251 g/mol. The number of carbonyl (C=O) groups is 1. The van der Waals surface area contributed by atoms with Gasteiger partial charge >= 0.3 is 5.97 Å². The third-order valence-electron chi connectivity index (χ3n) is 2.63. The lowest BCUT2D eigenvalue weighted by molar-refractivity contribution is 0.0749. The van der Waals surface area contributed by atoms with Gasteiger partial charge in [-0.2, -0.15) is 0 Å². The van der Waals surface area contributed by atoms with Crippen LogP contribution in [0.5, 0.6) is 0 Å². The topological polar surface area (TPSA) is 47.8 Å². The van der Waals surface area contributed by atoms with Crippen molar-refractivity contribution in [2.24, 2.45) is 0 Å². The molecule has 0 bridgehead atoms. The number of aryl methyl sites for hydroxylation is 1. The van der Waals surface area contributed by atoms with Crippen molar-refractivity contribution in [1.29, 1.82) is 0 Å². The quantitative estimate of drug-likeness (QED) is 0.822. The van der Waals surface area contributed by atoms with Crippen molar-refractivity contribution in [3.63, 3.8) is 0 Å². The maximum Gasteiger partial charge on any atom is 0.361 e. The van der Waals surface area contributed by atoms with Gasteiger partial charge in [0.2, 0.25) is 0 Å². The van der Waals surface area contributed by atoms with Crippen LogP contribution in [0.2, 0.25) is 0 Å². The molecule has 0 saturated heterocycles. The number of fused-ring (bicyclic) bond motifs is 1. The molecule has 2 heterocycles. The molecule has 0 fully saturated rings. The van der Waals surface area contributed by atoms with Gasteiger partial charge in [-0.3, -0.25) is 9.20 Å². The highest BCUT2D eigenvalue weighted by atomic mass is 35.5. The molecule has 0 aromatic carbocycles. The average Bonchev–Trinajstić information content (AvgIpc) is 2.39. The predicted octanol–water partition coefficient (Wildman–Crippen LogP) is 2.17. The molecule has 88 valence electrons. The standard InChI is InChI=1S/C12H10ClNO3/c1-2-8-7-9(12(16)17-13)11(15)14-6-4-3-5-10(8)14/h3-7H,2H2,1H3. The van der Waals surface area contributed by atoms with E-state index in [1.54, 1.807) is 12.3 Å². The van der Waals surface area contributed by atoms with Gasteiger partial charge in [0, 0.05) is 6.20 Å². The van der Waals surface area contributed by atoms with Gasteiger partial charge in [-0.15, -0.1) is 0 Å². The Balaban J connectivity index is 2.85. The summed E-state index contributed by atoms with van der Waals surface area (Å²) in [5, 5.41) is 0. The fourth-order valence-corrected chi connectivity index (χ4v) is 1.88. The molecule has 0 unspecified atom stereocenters. The Labute approximate surface area is 103 Å². The molecule has 4 nitrogen and oxygen atoms in total. The Morgan fingerprint density at radius 1 is 1.47 bits per heavy atom. The first-order valence-electron chi connectivity index (χ1n) is 5.15. The van der Waals surface area contributed by atoms with Crippen LogP contribution < -0.4 is 5.56 Å². The normalized spacial score (nSPS) is 10.5. The molecule has 0 aliphatic carbocycles. The van der Waals surface area contributed by atoms with E-state index in [2.05, 4.69) is 4.29 Å². The smallest absolute Gasteiger partial charge is 0.343 e. The minimum atomic E-state index is -0.829. The van der Waals surface area contributed by atoms with Crippen molar-refractivity contribution in [1.82, 2.24) is 4.40 Å². The van der Waals surface area contributed by atoms with Gasteiger partial charge in [0.15, 0.2) is 0 Å². The lowest BCUT2D eigenvalue weighted by Crippen LogP contribution is -2.23. The third kappa shape index (κ3) is 1.91. The molecule has 17 heavy (non-hydrogen) atoms. The first kappa shape index (κ1) is 11.7. The van der Waals surface area contributed by atoms with E-state index >= 15 is 0 Å². The fraction of sp³-hybridized carbons (Fsp3) is 0.167. The second kappa shape index (κ2) is 4.59. The number of pyridine rings is 2. The summed E-state index contributed by atoms with van der Waals surface area (Å²) in [5.74, 6) is -0.829. The Morgan fingerprint density at radius 3 is 2.88 bits per heavy atom. The van der Waals surface area contributed by atoms with E-state index in [1.807, 2.05) is 19.1 Å². The largest absolute Gasteiger partial charge is 0.361 e. The number of aromatic nitrogens is 1. The molecule has 2 rings (SSSR count). The molecule has 2 aromatic rings. The van der Waals surface area contributed by atoms with Crippen molar-refractivity contribution < 1.29 is 9.08 Å². The van der Waals surface area contributed by atoms with Crippen LogP contribution in [0.1, 0.15) is 22.8 Å². The second-order valence-corrected chi connectivity index (χ2v) is 3.72. The first-order valence-corrected chi connectivity index (χ1v) is 5.46. The van der Waals surface area contributed by atoms with Gasteiger partial charge in [0.25, 0.3) is 5.56 Å². The lowest BCUT2D eigenvalue weighted by atomic mass is 10.1. The number of hydrogen-bond acceptors (Lipinski definition) is 3. The summed E-state index contributed by atoms with van der Waals surface area (Å²) in [7, 11) is 0. The Kier molecular flexibility index (Phi) is 3.15. The zero-order valence-corrected chi connectivity index (χ0v) is 9.90.